The highest BCUT2D eigenvalue weighted by Gasteiger charge is 2.37. The first kappa shape index (κ1) is 28.5. The molecule has 0 radical (unpaired) electrons. The third-order valence-corrected chi connectivity index (χ3v) is 12.9. The van der Waals surface area contributed by atoms with Crippen LogP contribution in [0.15, 0.2) is 42.6 Å². The van der Waals surface area contributed by atoms with Gasteiger partial charge in [-0.25, -0.2) is 9.97 Å². The van der Waals surface area contributed by atoms with Crippen molar-refractivity contribution in [3.05, 3.63) is 53.7 Å². The Morgan fingerprint density at radius 1 is 1.00 bits per heavy atom. The number of H-pyrrole nitrogens is 1. The Labute approximate surface area is 233 Å². The van der Waals surface area contributed by atoms with Gasteiger partial charge in [0.05, 0.1) is 33.8 Å². The van der Waals surface area contributed by atoms with E-state index in [2.05, 4.69) is 76.2 Å². The lowest BCUT2D eigenvalue weighted by Gasteiger charge is -2.37. The normalized spacial score (nSPS) is 16.2. The van der Waals surface area contributed by atoms with Crippen LogP contribution in [0.2, 0.25) is 18.1 Å². The van der Waals surface area contributed by atoms with E-state index in [-0.39, 0.29) is 10.6 Å². The van der Waals surface area contributed by atoms with Crippen molar-refractivity contribution in [2.75, 3.05) is 31.6 Å². The van der Waals surface area contributed by atoms with E-state index < -0.39 is 20.1 Å². The average molecular weight is 571 g/mol. The number of aromatic nitrogens is 4. The number of hydrogen-bond donors (Lipinski definition) is 2. The molecule has 1 aliphatic heterocycles. The largest absolute Gasteiger partial charge is 0.416 e. The lowest BCUT2D eigenvalue weighted by Crippen LogP contribution is -2.43. The van der Waals surface area contributed by atoms with Gasteiger partial charge < -0.3 is 19.6 Å². The fraction of sp³-hybridized carbons (Fsp3) is 0.483. The summed E-state index contributed by atoms with van der Waals surface area (Å²) in [7, 11) is -1.71. The van der Waals surface area contributed by atoms with Crippen LogP contribution in [0.25, 0.3) is 22.1 Å². The Morgan fingerprint density at radius 2 is 1.73 bits per heavy atom. The molecule has 0 spiro atoms. The maximum absolute atomic E-state index is 13.0. The van der Waals surface area contributed by atoms with Gasteiger partial charge in [-0.15, -0.1) is 0 Å². The van der Waals surface area contributed by atoms with Crippen molar-refractivity contribution in [2.24, 2.45) is 0 Å². The van der Waals surface area contributed by atoms with Gasteiger partial charge >= 0.3 is 6.18 Å². The van der Waals surface area contributed by atoms with Crippen LogP contribution in [-0.4, -0.2) is 59.4 Å². The summed E-state index contributed by atoms with van der Waals surface area (Å²) in [5, 5.41) is 3.33. The monoisotopic (exact) mass is 570 g/mol. The van der Waals surface area contributed by atoms with Crippen molar-refractivity contribution in [1.29, 1.82) is 0 Å². The summed E-state index contributed by atoms with van der Waals surface area (Å²) in [6, 6.07) is 9.69. The van der Waals surface area contributed by atoms with E-state index in [1.807, 2.05) is 6.07 Å². The molecule has 11 heteroatoms. The van der Waals surface area contributed by atoms with Crippen LogP contribution < -0.4 is 5.32 Å². The van der Waals surface area contributed by atoms with Gasteiger partial charge in [0, 0.05) is 13.2 Å². The second-order valence-corrected chi connectivity index (χ2v) is 17.0. The number of rotatable bonds is 7. The fourth-order valence-electron chi connectivity index (χ4n) is 4.85. The van der Waals surface area contributed by atoms with Crippen LogP contribution in [0.5, 0.6) is 0 Å². The number of nitrogens with one attached hydrogen (secondary N) is 2. The Morgan fingerprint density at radius 3 is 2.42 bits per heavy atom. The quantitative estimate of drug-likeness (QED) is 0.225. The molecule has 7 nitrogen and oxygen atoms in total. The SMILES string of the molecule is CC(C)(C)[Si](C)(C)OCCN1CCC(c2ccc3nc(Nc4cnc5cc(C(F)(F)F)ccc5n4)[nH]c3c2)CC1. The molecule has 0 aliphatic carbocycles. The number of hydrogen-bond acceptors (Lipinski definition) is 6. The van der Waals surface area contributed by atoms with Crippen molar-refractivity contribution in [1.82, 2.24) is 24.8 Å². The molecule has 0 atom stereocenters. The second-order valence-electron chi connectivity index (χ2n) is 12.2. The molecule has 2 aromatic carbocycles. The number of benzene rings is 2. The predicted octanol–water partition coefficient (Wildman–Crippen LogP) is 7.47. The van der Waals surface area contributed by atoms with E-state index in [9.17, 15) is 13.2 Å². The van der Waals surface area contributed by atoms with Crippen molar-refractivity contribution in [3.8, 4) is 0 Å². The molecule has 2 N–H and O–H groups in total. The Hall–Kier alpha value is -3.02. The zero-order valence-corrected chi connectivity index (χ0v) is 24.7. The average Bonchev–Trinajstić information content (AvgIpc) is 3.29. The topological polar surface area (TPSA) is 79.0 Å². The van der Waals surface area contributed by atoms with Crippen LogP contribution >= 0.6 is 0 Å². The summed E-state index contributed by atoms with van der Waals surface area (Å²) in [6.45, 7) is 15.3. The lowest BCUT2D eigenvalue weighted by molar-refractivity contribution is -0.137. The van der Waals surface area contributed by atoms with Gasteiger partial charge in [-0.1, -0.05) is 26.8 Å². The van der Waals surface area contributed by atoms with Gasteiger partial charge in [-0.3, -0.25) is 4.98 Å². The molecule has 0 bridgehead atoms. The van der Waals surface area contributed by atoms with Gasteiger partial charge in [0.2, 0.25) is 5.95 Å². The van der Waals surface area contributed by atoms with Crippen molar-refractivity contribution in [2.45, 2.75) is 63.8 Å². The van der Waals surface area contributed by atoms with Crippen LogP contribution in [-0.2, 0) is 10.6 Å². The first-order chi connectivity index (χ1) is 18.8. The molecular formula is C29H37F3N6OSi. The minimum atomic E-state index is -4.42. The van der Waals surface area contributed by atoms with Gasteiger partial charge in [-0.05, 0) is 85.9 Å². The first-order valence-corrected chi connectivity index (χ1v) is 16.7. The smallest absolute Gasteiger partial charge is 0.416 e. The number of aromatic amines is 1. The van der Waals surface area contributed by atoms with E-state index in [4.69, 9.17) is 4.43 Å². The number of likely N-dealkylation sites (tertiary alicyclic amines) is 1. The highest BCUT2D eigenvalue weighted by molar-refractivity contribution is 6.74. The minimum Gasteiger partial charge on any atom is -0.416 e. The summed E-state index contributed by atoms with van der Waals surface area (Å²) in [4.78, 5) is 19.0. The molecule has 0 saturated carbocycles. The van der Waals surface area contributed by atoms with E-state index >= 15 is 0 Å². The second kappa shape index (κ2) is 10.8. The molecule has 2 aromatic heterocycles. The molecule has 5 rings (SSSR count). The minimum absolute atomic E-state index is 0.184. The number of alkyl halides is 3. The summed E-state index contributed by atoms with van der Waals surface area (Å²) >= 11 is 0. The molecular weight excluding hydrogens is 533 g/mol. The molecule has 214 valence electrons. The third-order valence-electron chi connectivity index (χ3n) is 8.36. The van der Waals surface area contributed by atoms with Crippen LogP contribution in [0.3, 0.4) is 0 Å². The predicted molar refractivity (Wildman–Crippen MR) is 155 cm³/mol. The Bertz CT molecular complexity index is 1490. The summed E-state index contributed by atoms with van der Waals surface area (Å²) < 4.78 is 45.3. The standard InChI is InChI=1S/C29H37F3N6OSi/c1-28(2,3)40(4,5)39-15-14-38-12-10-19(11-13-38)20-6-8-23-25(16-20)36-27(35-23)37-26-18-33-24-17-21(29(30,31)32)7-9-22(24)34-26/h6-9,16-19H,10-15H2,1-5H3,(H2,34,35,36,37). The van der Waals surface area contributed by atoms with Gasteiger partial charge in [0.15, 0.2) is 14.1 Å². The maximum atomic E-state index is 13.0. The van der Waals surface area contributed by atoms with Crippen LogP contribution in [0.1, 0.15) is 50.7 Å². The van der Waals surface area contributed by atoms with E-state index in [1.54, 1.807) is 0 Å². The number of fused-ring (bicyclic) bond motifs is 2. The van der Waals surface area contributed by atoms with Gasteiger partial charge in [-0.2, -0.15) is 13.2 Å². The molecule has 1 fully saturated rings. The zero-order chi connectivity index (χ0) is 28.7. The van der Waals surface area contributed by atoms with Crippen molar-refractivity contribution in [3.63, 3.8) is 0 Å². The zero-order valence-electron chi connectivity index (χ0n) is 23.7. The Kier molecular flexibility index (Phi) is 7.66. The van der Waals surface area contributed by atoms with Crippen molar-refractivity contribution < 1.29 is 17.6 Å². The summed E-state index contributed by atoms with van der Waals surface area (Å²) in [6.07, 6.45) is -0.802. The van der Waals surface area contributed by atoms with E-state index in [0.717, 1.165) is 62.2 Å². The van der Waals surface area contributed by atoms with E-state index in [0.29, 0.717) is 23.2 Å². The first-order valence-electron chi connectivity index (χ1n) is 13.8. The van der Waals surface area contributed by atoms with Gasteiger partial charge in [0.1, 0.15) is 0 Å². The maximum Gasteiger partial charge on any atom is 0.416 e. The van der Waals surface area contributed by atoms with Gasteiger partial charge in [0.25, 0.3) is 0 Å². The van der Waals surface area contributed by atoms with Crippen molar-refractivity contribution >= 4 is 42.2 Å². The fourth-order valence-corrected chi connectivity index (χ4v) is 5.88. The summed E-state index contributed by atoms with van der Waals surface area (Å²) in [5.74, 6) is 1.40. The molecule has 0 unspecified atom stereocenters. The molecule has 1 saturated heterocycles. The number of halogens is 3. The number of anilines is 2. The third kappa shape index (κ3) is 6.31. The van der Waals surface area contributed by atoms with Crippen LogP contribution in [0.4, 0.5) is 24.9 Å². The molecule has 3 heterocycles. The molecule has 0 amide bonds. The highest BCUT2D eigenvalue weighted by Crippen LogP contribution is 2.37. The lowest BCUT2D eigenvalue weighted by atomic mass is 9.89. The Balaban J connectivity index is 1.19. The molecule has 40 heavy (non-hydrogen) atoms. The number of piperidine rings is 1. The summed E-state index contributed by atoms with van der Waals surface area (Å²) in [5.41, 5.74) is 2.86. The number of imidazole rings is 1. The van der Waals surface area contributed by atoms with Crippen LogP contribution in [0, 0.1) is 0 Å². The highest BCUT2D eigenvalue weighted by atomic mass is 28.4. The molecule has 4 aromatic rings. The molecule has 1 aliphatic rings. The van der Waals surface area contributed by atoms with E-state index in [1.165, 1.54) is 17.8 Å². The number of nitrogens with zero attached hydrogens (tertiary/aromatic N) is 4.